The molecule has 1 amide bonds. The van der Waals surface area contributed by atoms with Gasteiger partial charge in [-0.2, -0.15) is 0 Å². The first-order chi connectivity index (χ1) is 5.22. The van der Waals surface area contributed by atoms with E-state index < -0.39 is 12.9 Å². The summed E-state index contributed by atoms with van der Waals surface area (Å²) in [6, 6.07) is 0. The second-order valence-corrected chi connectivity index (χ2v) is 2.31. The van der Waals surface area contributed by atoms with Crippen LogP contribution in [0, 0.1) is 0 Å². The fourth-order valence-electron chi connectivity index (χ4n) is 0.947. The average molecular weight is 159 g/mol. The molecule has 0 bridgehead atoms. The molecule has 0 aromatic rings. The van der Waals surface area contributed by atoms with E-state index in [1.54, 1.807) is 0 Å². The third kappa shape index (κ3) is 2.18. The summed E-state index contributed by atoms with van der Waals surface area (Å²) < 4.78 is 4.97. The van der Waals surface area contributed by atoms with Gasteiger partial charge in [0.1, 0.15) is 0 Å². The maximum atomic E-state index is 10.9. The van der Waals surface area contributed by atoms with Crippen LogP contribution in [-0.2, 0) is 4.74 Å². The zero-order chi connectivity index (χ0) is 8.27. The second-order valence-electron chi connectivity index (χ2n) is 2.31. The first-order valence-corrected chi connectivity index (χ1v) is 3.44. The number of hydrogen-bond acceptors (Lipinski definition) is 4. The van der Waals surface area contributed by atoms with E-state index in [4.69, 9.17) is 14.8 Å². The van der Waals surface area contributed by atoms with Gasteiger partial charge in [-0.3, -0.25) is 4.79 Å². The van der Waals surface area contributed by atoms with Gasteiger partial charge in [0.25, 0.3) is 5.81 Å². The van der Waals surface area contributed by atoms with Crippen molar-refractivity contribution in [2.24, 2.45) is 0 Å². The van der Waals surface area contributed by atoms with Crippen LogP contribution in [0.3, 0.4) is 0 Å². The molecule has 0 unspecified atom stereocenters. The van der Waals surface area contributed by atoms with Gasteiger partial charge < -0.3 is 19.7 Å². The van der Waals surface area contributed by atoms with E-state index in [0.29, 0.717) is 26.3 Å². The highest BCUT2D eigenvalue weighted by molar-refractivity contribution is 6.78. The molecule has 0 aromatic carbocycles. The summed E-state index contributed by atoms with van der Waals surface area (Å²) in [6.07, 6.45) is 0. The Morgan fingerprint density at radius 1 is 1.36 bits per heavy atom. The molecule has 1 rings (SSSR count). The van der Waals surface area contributed by atoms with Crippen molar-refractivity contribution in [2.75, 3.05) is 26.3 Å². The number of morpholine rings is 1. The van der Waals surface area contributed by atoms with E-state index in [0.717, 1.165) is 0 Å². The highest BCUT2D eigenvalue weighted by Gasteiger charge is 2.27. The van der Waals surface area contributed by atoms with Gasteiger partial charge in [0.2, 0.25) is 0 Å². The van der Waals surface area contributed by atoms with Crippen molar-refractivity contribution in [3.8, 4) is 0 Å². The Kier molecular flexibility index (Phi) is 2.87. The molecule has 2 N–H and O–H groups in total. The lowest BCUT2D eigenvalue weighted by molar-refractivity contribution is 0.0571. The third-order valence-corrected chi connectivity index (χ3v) is 1.54. The van der Waals surface area contributed by atoms with Gasteiger partial charge in [-0.25, -0.2) is 0 Å². The zero-order valence-electron chi connectivity index (χ0n) is 6.06. The van der Waals surface area contributed by atoms with Crippen molar-refractivity contribution in [2.45, 2.75) is 0 Å². The normalized spacial score (nSPS) is 18.2. The lowest BCUT2D eigenvalue weighted by atomic mass is 9.89. The summed E-state index contributed by atoms with van der Waals surface area (Å²) in [4.78, 5) is 12.2. The average Bonchev–Trinajstić information content (AvgIpc) is 2.05. The van der Waals surface area contributed by atoms with Crippen LogP contribution in [0.15, 0.2) is 0 Å². The molecule has 1 heterocycles. The smallest absolute Gasteiger partial charge is 0.420 e. The van der Waals surface area contributed by atoms with Crippen molar-refractivity contribution in [3.63, 3.8) is 0 Å². The van der Waals surface area contributed by atoms with Crippen LogP contribution < -0.4 is 0 Å². The van der Waals surface area contributed by atoms with E-state index in [-0.39, 0.29) is 0 Å². The molecule has 0 spiro atoms. The number of rotatable bonds is 1. The van der Waals surface area contributed by atoms with Gasteiger partial charge in [0.05, 0.1) is 13.2 Å². The molecule has 0 atom stereocenters. The van der Waals surface area contributed by atoms with E-state index in [9.17, 15) is 4.79 Å². The van der Waals surface area contributed by atoms with E-state index in [2.05, 4.69) is 0 Å². The van der Waals surface area contributed by atoms with Crippen molar-refractivity contribution >= 4 is 12.9 Å². The van der Waals surface area contributed by atoms with Gasteiger partial charge >= 0.3 is 7.12 Å². The molecule has 0 aliphatic carbocycles. The largest absolute Gasteiger partial charge is 0.552 e. The Bertz CT molecular complexity index is 145. The quantitative estimate of drug-likeness (QED) is 0.456. The Balaban J connectivity index is 2.39. The molecular weight excluding hydrogens is 149 g/mol. The Labute approximate surface area is 64.7 Å². The molecule has 1 aliphatic heterocycles. The molecule has 0 saturated carbocycles. The first-order valence-electron chi connectivity index (χ1n) is 3.44. The molecule has 1 saturated heterocycles. The van der Waals surface area contributed by atoms with Crippen molar-refractivity contribution in [1.29, 1.82) is 0 Å². The highest BCUT2D eigenvalue weighted by Crippen LogP contribution is 1.98. The Morgan fingerprint density at radius 3 is 2.36 bits per heavy atom. The number of carbonyl (C=O) groups is 1. The van der Waals surface area contributed by atoms with Crippen LogP contribution in [0.4, 0.5) is 4.79 Å². The van der Waals surface area contributed by atoms with Crippen molar-refractivity contribution in [1.82, 2.24) is 4.90 Å². The van der Waals surface area contributed by atoms with Gasteiger partial charge in [-0.15, -0.1) is 0 Å². The van der Waals surface area contributed by atoms with Crippen LogP contribution in [0.5, 0.6) is 0 Å². The lowest BCUT2D eigenvalue weighted by Gasteiger charge is -2.26. The predicted octanol–water partition coefficient (Wildman–Crippen LogP) is -1.51. The van der Waals surface area contributed by atoms with E-state index >= 15 is 0 Å². The van der Waals surface area contributed by atoms with E-state index in [1.807, 2.05) is 0 Å². The first kappa shape index (κ1) is 8.51. The number of amides is 1. The lowest BCUT2D eigenvalue weighted by Crippen LogP contribution is -2.46. The number of carbonyl (C=O) groups excluding carboxylic acids is 1. The maximum absolute atomic E-state index is 10.9. The topological polar surface area (TPSA) is 70.0 Å². The van der Waals surface area contributed by atoms with Crippen LogP contribution in [0.25, 0.3) is 0 Å². The number of ether oxygens (including phenoxy) is 1. The molecule has 0 aromatic heterocycles. The van der Waals surface area contributed by atoms with Gasteiger partial charge in [-0.05, 0) is 0 Å². The minimum absolute atomic E-state index is 0.441. The summed E-state index contributed by atoms with van der Waals surface area (Å²) in [5.41, 5.74) is 0. The van der Waals surface area contributed by atoms with Gasteiger partial charge in [0, 0.05) is 13.1 Å². The number of nitrogens with zero attached hydrogens (tertiary/aromatic N) is 1. The van der Waals surface area contributed by atoms with Crippen LogP contribution in [0.2, 0.25) is 0 Å². The molecule has 1 aliphatic rings. The van der Waals surface area contributed by atoms with Crippen LogP contribution in [0.1, 0.15) is 0 Å². The summed E-state index contributed by atoms with van der Waals surface area (Å²) in [5.74, 6) is -0.645. The minimum Gasteiger partial charge on any atom is -0.420 e. The third-order valence-electron chi connectivity index (χ3n) is 1.54. The summed E-state index contributed by atoms with van der Waals surface area (Å²) in [6.45, 7) is 1.82. The molecular formula is C5H10BNO4. The Hall–Kier alpha value is -0.585. The van der Waals surface area contributed by atoms with Crippen LogP contribution in [-0.4, -0.2) is 54.2 Å². The fourth-order valence-corrected chi connectivity index (χ4v) is 0.947. The van der Waals surface area contributed by atoms with Crippen LogP contribution >= 0.6 is 0 Å². The summed E-state index contributed by atoms with van der Waals surface area (Å²) >= 11 is 0. The monoisotopic (exact) mass is 159 g/mol. The van der Waals surface area contributed by atoms with Gasteiger partial charge in [0.15, 0.2) is 0 Å². The standard InChI is InChI=1S/C5H10BNO4/c8-5(6(9)10)7-1-3-11-4-2-7/h9-10H,1-4H2. The maximum Gasteiger partial charge on any atom is 0.552 e. The fraction of sp³-hybridized carbons (Fsp3) is 0.800. The van der Waals surface area contributed by atoms with Gasteiger partial charge in [-0.1, -0.05) is 0 Å². The second kappa shape index (κ2) is 3.70. The minimum atomic E-state index is -1.88. The molecule has 62 valence electrons. The molecule has 11 heavy (non-hydrogen) atoms. The number of hydrogen-bond donors (Lipinski definition) is 2. The molecule has 1 fully saturated rings. The molecule has 0 radical (unpaired) electrons. The van der Waals surface area contributed by atoms with E-state index in [1.165, 1.54) is 4.90 Å². The van der Waals surface area contributed by atoms with Crippen molar-refractivity contribution in [3.05, 3.63) is 0 Å². The zero-order valence-corrected chi connectivity index (χ0v) is 6.06. The predicted molar refractivity (Wildman–Crippen MR) is 38.0 cm³/mol. The highest BCUT2D eigenvalue weighted by atomic mass is 16.5. The summed E-state index contributed by atoms with van der Waals surface area (Å²) in [5, 5.41) is 17.0. The Morgan fingerprint density at radius 2 is 1.91 bits per heavy atom. The summed E-state index contributed by atoms with van der Waals surface area (Å²) in [7, 11) is -1.88. The van der Waals surface area contributed by atoms with Crippen molar-refractivity contribution < 1.29 is 19.6 Å². The molecule has 5 nitrogen and oxygen atoms in total. The SMILES string of the molecule is O=C(B(O)O)N1CCOCC1. The molecule has 6 heteroatoms.